The summed E-state index contributed by atoms with van der Waals surface area (Å²) in [6, 6.07) is 0. The topological polar surface area (TPSA) is 77.4 Å². The van der Waals surface area contributed by atoms with Gasteiger partial charge in [0.2, 0.25) is 5.88 Å². The first-order chi connectivity index (χ1) is 13.8. The van der Waals surface area contributed by atoms with E-state index in [4.69, 9.17) is 9.47 Å². The second-order valence-electron chi connectivity index (χ2n) is 7.65. The fraction of sp³-hybridized carbons (Fsp3) is 0.619. The van der Waals surface area contributed by atoms with Crippen molar-refractivity contribution in [2.24, 2.45) is 0 Å². The monoisotopic (exact) mass is 420 g/mol. The fourth-order valence-corrected chi connectivity index (χ4v) is 3.28. The van der Waals surface area contributed by atoms with E-state index in [1.54, 1.807) is 17.3 Å². The van der Waals surface area contributed by atoms with Crippen molar-refractivity contribution in [1.29, 1.82) is 0 Å². The zero-order chi connectivity index (χ0) is 21.6. The molecule has 0 radical (unpaired) electrons. The maximum atomic E-state index is 12.2. The van der Waals surface area contributed by atoms with Gasteiger partial charge in [-0.15, -0.1) is 0 Å². The number of piperidine rings is 1. The van der Waals surface area contributed by atoms with Gasteiger partial charge in [0.25, 0.3) is 0 Å². The quantitative estimate of drug-likeness (QED) is 0.518. The van der Waals surface area contributed by atoms with E-state index in [1.807, 2.05) is 47.8 Å². The van der Waals surface area contributed by atoms with Crippen molar-refractivity contribution >= 4 is 28.8 Å². The van der Waals surface area contributed by atoms with Crippen LogP contribution in [0.2, 0.25) is 0 Å². The summed E-state index contributed by atoms with van der Waals surface area (Å²) in [5.41, 5.74) is 1.38. The molecule has 2 aromatic heterocycles. The summed E-state index contributed by atoms with van der Waals surface area (Å²) in [7, 11) is 0. The van der Waals surface area contributed by atoms with Gasteiger partial charge in [0.05, 0.1) is 10.9 Å². The van der Waals surface area contributed by atoms with E-state index in [9.17, 15) is 4.79 Å². The molecule has 0 saturated carbocycles. The molecular weight excluding hydrogens is 388 g/mol. The van der Waals surface area contributed by atoms with Gasteiger partial charge in [-0.1, -0.05) is 25.6 Å². The average Bonchev–Trinajstić information content (AvgIpc) is 2.70. The van der Waals surface area contributed by atoms with Gasteiger partial charge in [-0.2, -0.15) is 0 Å². The van der Waals surface area contributed by atoms with E-state index >= 15 is 0 Å². The van der Waals surface area contributed by atoms with Crippen LogP contribution in [0.5, 0.6) is 5.88 Å². The molecule has 0 aliphatic carbocycles. The third kappa shape index (κ3) is 6.19. The normalized spacial score (nSPS) is 14.9. The minimum atomic E-state index is -0.481. The number of amides is 1. The maximum absolute atomic E-state index is 12.2. The largest absolute Gasteiger partial charge is 0.474 e. The first kappa shape index (κ1) is 23.2. The zero-order valence-electron chi connectivity index (χ0n) is 18.5. The molecule has 1 amide bonds. The molecule has 0 bridgehead atoms. The Labute approximate surface area is 177 Å². The van der Waals surface area contributed by atoms with Crippen molar-refractivity contribution in [3.05, 3.63) is 18.0 Å². The summed E-state index contributed by atoms with van der Waals surface area (Å²) in [6.07, 6.45) is 6.72. The highest BCUT2D eigenvalue weighted by atomic mass is 32.2. The van der Waals surface area contributed by atoms with Gasteiger partial charge >= 0.3 is 6.09 Å². The summed E-state index contributed by atoms with van der Waals surface area (Å²) in [5.74, 6) is 0.555. The molecule has 1 saturated heterocycles. The number of fused-ring (bicyclic) bond motifs is 1. The van der Waals surface area contributed by atoms with Crippen LogP contribution in [0, 0.1) is 6.92 Å². The highest BCUT2D eigenvalue weighted by molar-refractivity contribution is 7.98. The lowest BCUT2D eigenvalue weighted by molar-refractivity contribution is 0.0124. The number of hydrogen-bond acceptors (Lipinski definition) is 7. The number of thioether (sulfide) groups is 1. The molecule has 1 aliphatic rings. The standard InChI is InChI=1S/C19H26N4O3S.C2H6/c1-12-10-20-16(14-11-21-17(27-5)22-15(12)14)25-13-6-8-23(9-7-13)18(24)26-19(2,3)4;1-2/h10-11,13H,6-9H2,1-5H3;1-2H3. The summed E-state index contributed by atoms with van der Waals surface area (Å²) >= 11 is 1.51. The number of likely N-dealkylation sites (tertiary alicyclic amines) is 1. The molecule has 0 spiro atoms. The Morgan fingerprint density at radius 1 is 1.17 bits per heavy atom. The molecule has 1 fully saturated rings. The SMILES string of the molecule is CC.CSc1ncc2c(OC3CCN(C(=O)OC(C)(C)C)CC3)ncc(C)c2n1. The number of rotatable bonds is 3. The van der Waals surface area contributed by atoms with Crippen LogP contribution in [0.25, 0.3) is 10.9 Å². The molecule has 7 nitrogen and oxygen atoms in total. The number of aryl methyl sites for hydroxylation is 1. The van der Waals surface area contributed by atoms with E-state index in [1.165, 1.54) is 11.8 Å². The molecule has 2 aromatic rings. The molecule has 8 heteroatoms. The second-order valence-corrected chi connectivity index (χ2v) is 8.42. The number of nitrogens with zero attached hydrogens (tertiary/aromatic N) is 4. The third-order valence-corrected chi connectivity index (χ3v) is 4.86. The number of aromatic nitrogens is 3. The van der Waals surface area contributed by atoms with Gasteiger partial charge in [0.15, 0.2) is 5.16 Å². The Balaban J connectivity index is 0.00000145. The van der Waals surface area contributed by atoms with E-state index in [0.717, 1.165) is 34.5 Å². The number of hydrogen-bond donors (Lipinski definition) is 0. The maximum Gasteiger partial charge on any atom is 0.410 e. The van der Waals surface area contributed by atoms with Gasteiger partial charge in [-0.3, -0.25) is 0 Å². The van der Waals surface area contributed by atoms with Crippen molar-refractivity contribution in [2.75, 3.05) is 19.3 Å². The molecule has 0 atom stereocenters. The highest BCUT2D eigenvalue weighted by Crippen LogP contribution is 2.28. The van der Waals surface area contributed by atoms with E-state index in [0.29, 0.717) is 19.0 Å². The Morgan fingerprint density at radius 2 is 1.83 bits per heavy atom. The summed E-state index contributed by atoms with van der Waals surface area (Å²) < 4.78 is 11.6. The van der Waals surface area contributed by atoms with Crippen LogP contribution in [0.3, 0.4) is 0 Å². The summed E-state index contributed by atoms with van der Waals surface area (Å²) in [4.78, 5) is 27.3. The molecule has 29 heavy (non-hydrogen) atoms. The number of carbonyl (C=O) groups is 1. The van der Waals surface area contributed by atoms with Crippen LogP contribution in [0.1, 0.15) is 53.0 Å². The van der Waals surface area contributed by atoms with Crippen LogP contribution in [0.15, 0.2) is 17.6 Å². The summed E-state index contributed by atoms with van der Waals surface area (Å²) in [5, 5.41) is 1.55. The molecule has 3 heterocycles. The van der Waals surface area contributed by atoms with Crippen molar-refractivity contribution in [3.8, 4) is 5.88 Å². The lowest BCUT2D eigenvalue weighted by Gasteiger charge is -2.33. The minimum absolute atomic E-state index is 0.00215. The van der Waals surface area contributed by atoms with Crippen LogP contribution in [-0.2, 0) is 4.74 Å². The predicted molar refractivity (Wildman–Crippen MR) is 117 cm³/mol. The van der Waals surface area contributed by atoms with Crippen LogP contribution >= 0.6 is 11.8 Å². The number of ether oxygens (including phenoxy) is 2. The smallest absolute Gasteiger partial charge is 0.410 e. The van der Waals surface area contributed by atoms with E-state index in [-0.39, 0.29) is 12.2 Å². The van der Waals surface area contributed by atoms with Crippen molar-refractivity contribution in [1.82, 2.24) is 19.9 Å². The average molecular weight is 421 g/mol. The second kappa shape index (κ2) is 10.1. The molecular formula is C21H32N4O3S. The zero-order valence-corrected chi connectivity index (χ0v) is 19.3. The van der Waals surface area contributed by atoms with Gasteiger partial charge in [0, 0.05) is 38.3 Å². The van der Waals surface area contributed by atoms with E-state index in [2.05, 4.69) is 15.0 Å². The Kier molecular flexibility index (Phi) is 8.07. The van der Waals surface area contributed by atoms with Gasteiger partial charge in [0.1, 0.15) is 11.7 Å². The first-order valence-electron chi connectivity index (χ1n) is 10.1. The van der Waals surface area contributed by atoms with Crippen LogP contribution < -0.4 is 4.74 Å². The minimum Gasteiger partial charge on any atom is -0.474 e. The molecule has 1 aliphatic heterocycles. The molecule has 3 rings (SSSR count). The first-order valence-corrected chi connectivity index (χ1v) is 11.3. The highest BCUT2D eigenvalue weighted by Gasteiger charge is 2.28. The van der Waals surface area contributed by atoms with Gasteiger partial charge < -0.3 is 14.4 Å². The predicted octanol–water partition coefficient (Wildman–Crippen LogP) is 4.86. The third-order valence-electron chi connectivity index (χ3n) is 4.30. The Bertz CT molecular complexity index is 831. The van der Waals surface area contributed by atoms with Crippen molar-refractivity contribution < 1.29 is 14.3 Å². The van der Waals surface area contributed by atoms with E-state index < -0.39 is 5.60 Å². The van der Waals surface area contributed by atoms with Gasteiger partial charge in [-0.25, -0.2) is 19.7 Å². The van der Waals surface area contributed by atoms with Crippen LogP contribution in [-0.4, -0.2) is 57.0 Å². The molecule has 0 N–H and O–H groups in total. The van der Waals surface area contributed by atoms with Crippen LogP contribution in [0.4, 0.5) is 4.79 Å². The molecule has 160 valence electrons. The lowest BCUT2D eigenvalue weighted by atomic mass is 10.1. The summed E-state index contributed by atoms with van der Waals surface area (Å²) in [6.45, 7) is 12.8. The molecule has 0 unspecified atom stereocenters. The Hall–Kier alpha value is -2.09. The fourth-order valence-electron chi connectivity index (χ4n) is 2.94. The van der Waals surface area contributed by atoms with Gasteiger partial charge in [-0.05, 0) is 39.5 Å². The number of pyridine rings is 1. The van der Waals surface area contributed by atoms with Crippen molar-refractivity contribution in [2.45, 2.75) is 71.2 Å². The van der Waals surface area contributed by atoms with Crippen molar-refractivity contribution in [3.63, 3.8) is 0 Å². The Morgan fingerprint density at radius 3 is 2.41 bits per heavy atom. The lowest BCUT2D eigenvalue weighted by Crippen LogP contribution is -2.44. The molecule has 0 aromatic carbocycles. The number of carbonyl (C=O) groups excluding carboxylic acids is 1.